The van der Waals surface area contributed by atoms with Crippen molar-refractivity contribution in [2.45, 2.75) is 0 Å². The minimum Gasteiger partial charge on any atom is -0.309 e. The van der Waals surface area contributed by atoms with Crippen LogP contribution in [0.2, 0.25) is 0 Å². The van der Waals surface area contributed by atoms with Gasteiger partial charge in [0, 0.05) is 45.2 Å². The van der Waals surface area contributed by atoms with Crippen LogP contribution in [-0.2, 0) is 0 Å². The molecule has 0 saturated heterocycles. The van der Waals surface area contributed by atoms with Crippen LogP contribution in [0.4, 0.5) is 17.3 Å². The Balaban J connectivity index is 1.15. The van der Waals surface area contributed by atoms with E-state index in [-0.39, 0.29) is 0 Å². The largest absolute Gasteiger partial charge is 0.309 e. The summed E-state index contributed by atoms with van der Waals surface area (Å²) in [5, 5.41) is 7.21. The maximum atomic E-state index is 4.96. The molecule has 0 spiro atoms. The number of benzene rings is 8. The summed E-state index contributed by atoms with van der Waals surface area (Å²) in [5.41, 5.74) is 9.86. The molecule has 10 rings (SSSR count). The Kier molecular flexibility index (Phi) is 7.10. The standard InChI is InChI=1S/C48H32N4/c1-2-13-33(14-3-1)38-31-49-48(50-32-38)51(44-25-11-17-34-15-4-6-21-40(34)44)39-20-10-19-36(29-39)37-27-28-43-42-23-8-9-24-46(42)52(47(43)30-37)45-26-12-18-35-16-5-7-22-41(35)45/h1-32H. The molecule has 0 N–H and O–H groups in total. The van der Waals surface area contributed by atoms with Gasteiger partial charge >= 0.3 is 0 Å². The molecule has 0 aliphatic rings. The molecule has 244 valence electrons. The second-order valence-corrected chi connectivity index (χ2v) is 13.1. The Morgan fingerprint density at radius 1 is 0.385 bits per heavy atom. The van der Waals surface area contributed by atoms with Crippen molar-refractivity contribution in [3.05, 3.63) is 194 Å². The number of hydrogen-bond acceptors (Lipinski definition) is 3. The van der Waals surface area contributed by atoms with Gasteiger partial charge < -0.3 is 4.57 Å². The minimum absolute atomic E-state index is 0.611. The quantitative estimate of drug-likeness (QED) is 0.177. The van der Waals surface area contributed by atoms with Crippen LogP contribution < -0.4 is 4.90 Å². The van der Waals surface area contributed by atoms with Gasteiger partial charge in [0.2, 0.25) is 5.95 Å². The maximum absolute atomic E-state index is 4.96. The average Bonchev–Trinajstić information content (AvgIpc) is 3.55. The van der Waals surface area contributed by atoms with E-state index in [2.05, 4.69) is 173 Å². The average molecular weight is 665 g/mol. The topological polar surface area (TPSA) is 34.0 Å². The predicted octanol–water partition coefficient (Wildman–Crippen LogP) is 12.7. The van der Waals surface area contributed by atoms with Crippen molar-refractivity contribution < 1.29 is 0 Å². The Morgan fingerprint density at radius 2 is 0.981 bits per heavy atom. The zero-order chi connectivity index (χ0) is 34.4. The van der Waals surface area contributed by atoms with E-state index in [1.807, 2.05) is 30.6 Å². The molecule has 0 radical (unpaired) electrons. The molecule has 0 atom stereocenters. The van der Waals surface area contributed by atoms with E-state index in [0.717, 1.165) is 44.4 Å². The molecular weight excluding hydrogens is 633 g/mol. The van der Waals surface area contributed by atoms with Crippen LogP contribution in [0, 0.1) is 0 Å². The van der Waals surface area contributed by atoms with E-state index in [1.165, 1.54) is 38.3 Å². The van der Waals surface area contributed by atoms with Crippen LogP contribution in [0.1, 0.15) is 0 Å². The predicted molar refractivity (Wildman–Crippen MR) is 217 cm³/mol. The SMILES string of the molecule is c1ccc(-c2cnc(N(c3cccc(-c4ccc5c6ccccc6n(-c6cccc7ccccc67)c5c4)c3)c3cccc4ccccc34)nc2)cc1. The van der Waals surface area contributed by atoms with Crippen molar-refractivity contribution in [3.8, 4) is 27.9 Å². The highest BCUT2D eigenvalue weighted by molar-refractivity contribution is 6.11. The molecular formula is C48H32N4. The monoisotopic (exact) mass is 664 g/mol. The third-order valence-corrected chi connectivity index (χ3v) is 10.1. The second-order valence-electron chi connectivity index (χ2n) is 13.1. The highest BCUT2D eigenvalue weighted by Crippen LogP contribution is 2.41. The molecule has 8 aromatic carbocycles. The molecule has 10 aromatic rings. The van der Waals surface area contributed by atoms with Gasteiger partial charge in [-0.1, -0.05) is 146 Å². The van der Waals surface area contributed by atoms with Gasteiger partial charge in [-0.25, -0.2) is 9.97 Å². The van der Waals surface area contributed by atoms with Crippen LogP contribution in [0.5, 0.6) is 0 Å². The molecule has 0 amide bonds. The van der Waals surface area contributed by atoms with Gasteiger partial charge in [-0.05, 0) is 63.9 Å². The molecule has 2 heterocycles. The Bertz CT molecular complexity index is 2900. The summed E-state index contributed by atoms with van der Waals surface area (Å²) >= 11 is 0. The molecule has 0 aliphatic heterocycles. The zero-order valence-corrected chi connectivity index (χ0v) is 28.3. The number of fused-ring (bicyclic) bond motifs is 5. The Hall–Kier alpha value is -7.04. The second kappa shape index (κ2) is 12.4. The normalized spacial score (nSPS) is 11.5. The van der Waals surface area contributed by atoms with Crippen molar-refractivity contribution in [1.82, 2.24) is 14.5 Å². The van der Waals surface area contributed by atoms with Gasteiger partial charge in [0.1, 0.15) is 0 Å². The summed E-state index contributed by atoms with van der Waals surface area (Å²) in [6.07, 6.45) is 3.83. The molecule has 0 saturated carbocycles. The lowest BCUT2D eigenvalue weighted by molar-refractivity contribution is 1.09. The van der Waals surface area contributed by atoms with Crippen molar-refractivity contribution in [2.24, 2.45) is 0 Å². The van der Waals surface area contributed by atoms with Crippen molar-refractivity contribution in [1.29, 1.82) is 0 Å². The number of nitrogens with zero attached hydrogens (tertiary/aromatic N) is 4. The first-order valence-electron chi connectivity index (χ1n) is 17.6. The lowest BCUT2D eigenvalue weighted by atomic mass is 10.0. The van der Waals surface area contributed by atoms with E-state index in [1.54, 1.807) is 0 Å². The Labute approximate surface area is 301 Å². The van der Waals surface area contributed by atoms with Crippen LogP contribution in [0.3, 0.4) is 0 Å². The Morgan fingerprint density at radius 3 is 1.81 bits per heavy atom. The lowest BCUT2D eigenvalue weighted by Gasteiger charge is -2.25. The summed E-state index contributed by atoms with van der Waals surface area (Å²) < 4.78 is 2.42. The fourth-order valence-corrected chi connectivity index (χ4v) is 7.62. The smallest absolute Gasteiger partial charge is 0.234 e. The summed E-state index contributed by atoms with van der Waals surface area (Å²) in [7, 11) is 0. The molecule has 2 aromatic heterocycles. The van der Waals surface area contributed by atoms with E-state index in [0.29, 0.717) is 5.95 Å². The molecule has 0 fully saturated rings. The minimum atomic E-state index is 0.611. The molecule has 52 heavy (non-hydrogen) atoms. The zero-order valence-electron chi connectivity index (χ0n) is 28.3. The fourth-order valence-electron chi connectivity index (χ4n) is 7.62. The molecule has 4 nitrogen and oxygen atoms in total. The summed E-state index contributed by atoms with van der Waals surface area (Å²) in [6, 6.07) is 64.6. The van der Waals surface area contributed by atoms with Crippen molar-refractivity contribution >= 4 is 60.7 Å². The first kappa shape index (κ1) is 29.8. The summed E-state index contributed by atoms with van der Waals surface area (Å²) in [6.45, 7) is 0. The molecule has 4 heteroatoms. The van der Waals surface area contributed by atoms with E-state index < -0.39 is 0 Å². The van der Waals surface area contributed by atoms with Gasteiger partial charge in [-0.3, -0.25) is 4.90 Å². The van der Waals surface area contributed by atoms with Gasteiger partial charge in [0.15, 0.2) is 0 Å². The highest BCUT2D eigenvalue weighted by atomic mass is 15.3. The summed E-state index contributed by atoms with van der Waals surface area (Å²) in [4.78, 5) is 12.1. The van der Waals surface area contributed by atoms with Gasteiger partial charge in [-0.15, -0.1) is 0 Å². The third-order valence-electron chi connectivity index (χ3n) is 10.1. The van der Waals surface area contributed by atoms with Crippen LogP contribution in [-0.4, -0.2) is 14.5 Å². The van der Waals surface area contributed by atoms with Gasteiger partial charge in [-0.2, -0.15) is 0 Å². The van der Waals surface area contributed by atoms with Gasteiger partial charge in [0.05, 0.1) is 22.4 Å². The number of anilines is 3. The third kappa shape index (κ3) is 5.00. The highest BCUT2D eigenvalue weighted by Gasteiger charge is 2.20. The van der Waals surface area contributed by atoms with Crippen LogP contribution in [0.25, 0.3) is 71.3 Å². The maximum Gasteiger partial charge on any atom is 0.234 e. The van der Waals surface area contributed by atoms with Crippen LogP contribution in [0.15, 0.2) is 194 Å². The van der Waals surface area contributed by atoms with E-state index in [4.69, 9.17) is 9.97 Å². The number of hydrogen-bond donors (Lipinski definition) is 0. The fraction of sp³-hybridized carbons (Fsp3) is 0. The first-order valence-corrected chi connectivity index (χ1v) is 17.6. The van der Waals surface area contributed by atoms with E-state index in [9.17, 15) is 0 Å². The first-order chi connectivity index (χ1) is 25.8. The van der Waals surface area contributed by atoms with Gasteiger partial charge in [0.25, 0.3) is 0 Å². The summed E-state index contributed by atoms with van der Waals surface area (Å²) in [5.74, 6) is 0.611. The van der Waals surface area contributed by atoms with Crippen molar-refractivity contribution in [3.63, 3.8) is 0 Å². The number of para-hydroxylation sites is 1. The van der Waals surface area contributed by atoms with Crippen molar-refractivity contribution in [2.75, 3.05) is 4.90 Å². The molecule has 0 aliphatic carbocycles. The molecule has 0 unspecified atom stereocenters. The number of rotatable bonds is 6. The molecule has 0 bridgehead atoms. The lowest BCUT2D eigenvalue weighted by Crippen LogP contribution is -2.13. The van der Waals surface area contributed by atoms with Crippen LogP contribution >= 0.6 is 0 Å². The van der Waals surface area contributed by atoms with E-state index >= 15 is 0 Å². The number of aromatic nitrogens is 3.